The number of nitrogens with one attached hydrogen (secondary N) is 1. The Morgan fingerprint density at radius 3 is 2.93 bits per heavy atom. The van der Waals surface area contributed by atoms with Crippen LogP contribution in [-0.2, 0) is 7.05 Å². The Morgan fingerprint density at radius 1 is 1.71 bits per heavy atom. The maximum atomic E-state index is 7.07. The fraction of sp³-hybridized carbons (Fsp3) is 0.556. The van der Waals surface area contributed by atoms with Crippen molar-refractivity contribution in [3.05, 3.63) is 11.8 Å². The van der Waals surface area contributed by atoms with Gasteiger partial charge < -0.3 is 5.73 Å². The van der Waals surface area contributed by atoms with Crippen LogP contribution in [0, 0.1) is 12.3 Å². The van der Waals surface area contributed by atoms with Gasteiger partial charge in [0.1, 0.15) is 0 Å². The summed E-state index contributed by atoms with van der Waals surface area (Å²) in [6.45, 7) is 1.99. The minimum absolute atomic E-state index is 0.270. The van der Waals surface area contributed by atoms with Crippen molar-refractivity contribution in [3.8, 4) is 0 Å². The molecule has 0 aliphatic heterocycles. The number of nitrogens with zero attached hydrogens (tertiary/aromatic N) is 2. The summed E-state index contributed by atoms with van der Waals surface area (Å²) in [7, 11) is 1.94. The second-order valence-corrected chi connectivity index (χ2v) is 4.34. The van der Waals surface area contributed by atoms with E-state index in [1.165, 1.54) is 5.03 Å². The number of aryl methyl sites for hydroxylation is 2. The monoisotopic (exact) mass is 212 g/mol. The fourth-order valence-electron chi connectivity index (χ4n) is 1.16. The highest BCUT2D eigenvalue weighted by molar-refractivity contribution is 7.99. The summed E-state index contributed by atoms with van der Waals surface area (Å²) in [6, 6.07) is 2.07. The molecule has 0 aromatic carbocycles. The molecule has 78 valence electrons. The lowest BCUT2D eigenvalue weighted by Gasteiger charge is -2.00. The summed E-state index contributed by atoms with van der Waals surface area (Å²) in [4.78, 5) is 0. The Hall–Kier alpha value is -0.970. The molecule has 0 saturated heterocycles. The molecule has 0 unspecified atom stereocenters. The zero-order chi connectivity index (χ0) is 10.6. The summed E-state index contributed by atoms with van der Waals surface area (Å²) in [6.07, 6.45) is 1.63. The van der Waals surface area contributed by atoms with Crippen molar-refractivity contribution in [2.24, 2.45) is 12.8 Å². The lowest BCUT2D eigenvalue weighted by atomic mass is 10.3. The molecule has 14 heavy (non-hydrogen) atoms. The second kappa shape index (κ2) is 5.05. The maximum absolute atomic E-state index is 7.07. The predicted octanol–water partition coefficient (Wildman–Crippen LogP) is 1.54. The van der Waals surface area contributed by atoms with Crippen molar-refractivity contribution in [1.82, 2.24) is 9.78 Å². The lowest BCUT2D eigenvalue weighted by molar-refractivity contribution is 0.692. The quantitative estimate of drug-likeness (QED) is 0.337. The molecule has 3 N–H and O–H groups in total. The number of rotatable bonds is 5. The summed E-state index contributed by atoms with van der Waals surface area (Å²) in [5.74, 6) is 1.25. The number of amidine groups is 1. The van der Waals surface area contributed by atoms with Crippen molar-refractivity contribution >= 4 is 17.6 Å². The molecule has 1 aromatic rings. The van der Waals surface area contributed by atoms with Crippen LogP contribution in [0.25, 0.3) is 0 Å². The SMILES string of the molecule is Cc1cc(SCCCC(=N)N)n(C)n1. The van der Waals surface area contributed by atoms with Crippen molar-refractivity contribution in [1.29, 1.82) is 5.41 Å². The average molecular weight is 212 g/mol. The number of hydrogen-bond donors (Lipinski definition) is 2. The van der Waals surface area contributed by atoms with Crippen molar-refractivity contribution in [3.63, 3.8) is 0 Å². The highest BCUT2D eigenvalue weighted by Gasteiger charge is 2.01. The Kier molecular flexibility index (Phi) is 4.00. The smallest absolute Gasteiger partial charge is 0.0939 e. The van der Waals surface area contributed by atoms with Crippen LogP contribution in [0.2, 0.25) is 0 Å². The first-order valence-electron chi connectivity index (χ1n) is 4.56. The Balaban J connectivity index is 2.31. The summed E-state index contributed by atoms with van der Waals surface area (Å²) >= 11 is 1.76. The third-order valence-electron chi connectivity index (χ3n) is 1.80. The van der Waals surface area contributed by atoms with Crippen LogP contribution in [0.4, 0.5) is 0 Å². The zero-order valence-corrected chi connectivity index (χ0v) is 9.40. The van der Waals surface area contributed by atoms with Gasteiger partial charge in [0.15, 0.2) is 0 Å². The van der Waals surface area contributed by atoms with Crippen molar-refractivity contribution in [2.75, 3.05) is 5.75 Å². The van der Waals surface area contributed by atoms with E-state index in [1.54, 1.807) is 11.8 Å². The first kappa shape index (κ1) is 11.1. The molecule has 1 rings (SSSR count). The van der Waals surface area contributed by atoms with Gasteiger partial charge in [0.2, 0.25) is 0 Å². The first-order chi connectivity index (χ1) is 6.59. The van der Waals surface area contributed by atoms with Gasteiger partial charge in [-0.3, -0.25) is 10.1 Å². The molecule has 0 aliphatic rings. The molecule has 0 bridgehead atoms. The Labute approximate surface area is 88.4 Å². The molecule has 0 radical (unpaired) electrons. The molecular formula is C9H16N4S. The van der Waals surface area contributed by atoms with Crippen LogP contribution >= 0.6 is 11.8 Å². The van der Waals surface area contributed by atoms with Gasteiger partial charge in [-0.1, -0.05) is 0 Å². The topological polar surface area (TPSA) is 67.7 Å². The normalized spacial score (nSPS) is 10.4. The predicted molar refractivity (Wildman–Crippen MR) is 59.8 cm³/mol. The molecule has 0 spiro atoms. The Morgan fingerprint density at radius 2 is 2.43 bits per heavy atom. The van der Waals surface area contributed by atoms with E-state index in [1.807, 2.05) is 18.7 Å². The molecule has 0 amide bonds. The van der Waals surface area contributed by atoms with Gasteiger partial charge in [0.05, 0.1) is 16.6 Å². The van der Waals surface area contributed by atoms with E-state index in [9.17, 15) is 0 Å². The molecule has 0 atom stereocenters. The van der Waals surface area contributed by atoms with Crippen LogP contribution in [0.15, 0.2) is 11.1 Å². The van der Waals surface area contributed by atoms with Crippen LogP contribution in [0.5, 0.6) is 0 Å². The third kappa shape index (κ3) is 3.41. The third-order valence-corrected chi connectivity index (χ3v) is 2.97. The molecule has 0 aliphatic carbocycles. The van der Waals surface area contributed by atoms with Crippen molar-refractivity contribution in [2.45, 2.75) is 24.8 Å². The molecule has 1 aromatic heterocycles. The lowest BCUT2D eigenvalue weighted by Crippen LogP contribution is -2.09. The highest BCUT2D eigenvalue weighted by atomic mass is 32.2. The van der Waals surface area contributed by atoms with E-state index >= 15 is 0 Å². The van der Waals surface area contributed by atoms with E-state index in [2.05, 4.69) is 11.2 Å². The largest absolute Gasteiger partial charge is 0.388 e. The van der Waals surface area contributed by atoms with E-state index in [0.717, 1.165) is 17.9 Å². The first-order valence-corrected chi connectivity index (χ1v) is 5.54. The fourth-order valence-corrected chi connectivity index (χ4v) is 2.14. The second-order valence-electron chi connectivity index (χ2n) is 3.22. The van der Waals surface area contributed by atoms with Gasteiger partial charge in [-0.2, -0.15) is 5.10 Å². The van der Waals surface area contributed by atoms with Crippen molar-refractivity contribution < 1.29 is 0 Å². The number of thioether (sulfide) groups is 1. The molecule has 0 fully saturated rings. The molecule has 4 nitrogen and oxygen atoms in total. The maximum Gasteiger partial charge on any atom is 0.0939 e. The van der Waals surface area contributed by atoms with E-state index in [-0.39, 0.29) is 5.84 Å². The Bertz CT molecular complexity index is 319. The van der Waals surface area contributed by atoms with Gasteiger partial charge in [0.25, 0.3) is 0 Å². The van der Waals surface area contributed by atoms with Gasteiger partial charge in [-0.15, -0.1) is 11.8 Å². The average Bonchev–Trinajstić information content (AvgIpc) is 2.39. The zero-order valence-electron chi connectivity index (χ0n) is 8.58. The summed E-state index contributed by atoms with van der Waals surface area (Å²) in [5, 5.41) is 12.5. The minimum Gasteiger partial charge on any atom is -0.388 e. The molecule has 0 saturated carbocycles. The van der Waals surface area contributed by atoms with Gasteiger partial charge >= 0.3 is 0 Å². The van der Waals surface area contributed by atoms with E-state index in [4.69, 9.17) is 11.1 Å². The summed E-state index contributed by atoms with van der Waals surface area (Å²) < 4.78 is 1.88. The molecule has 1 heterocycles. The molecular weight excluding hydrogens is 196 g/mol. The summed E-state index contributed by atoms with van der Waals surface area (Å²) in [5.41, 5.74) is 6.31. The van der Waals surface area contributed by atoms with Gasteiger partial charge in [-0.25, -0.2) is 0 Å². The number of hydrogen-bond acceptors (Lipinski definition) is 3. The van der Waals surface area contributed by atoms with E-state index in [0.29, 0.717) is 6.42 Å². The number of nitrogens with two attached hydrogens (primary N) is 1. The highest BCUT2D eigenvalue weighted by Crippen LogP contribution is 2.19. The van der Waals surface area contributed by atoms with Crippen LogP contribution in [0.1, 0.15) is 18.5 Å². The van der Waals surface area contributed by atoms with Crippen LogP contribution in [-0.4, -0.2) is 21.4 Å². The van der Waals surface area contributed by atoms with E-state index < -0.39 is 0 Å². The van der Waals surface area contributed by atoms with Crippen LogP contribution < -0.4 is 5.73 Å². The molecule has 5 heteroatoms. The standard InChI is InChI=1S/C9H16N4S/c1-7-6-9(13(2)12-7)14-5-3-4-8(10)11/h6H,3-5H2,1-2H3,(H3,10,11). The van der Waals surface area contributed by atoms with Gasteiger partial charge in [0, 0.05) is 13.5 Å². The van der Waals surface area contributed by atoms with Gasteiger partial charge in [-0.05, 0) is 25.2 Å². The van der Waals surface area contributed by atoms with Crippen LogP contribution in [0.3, 0.4) is 0 Å². The number of aromatic nitrogens is 2. The minimum atomic E-state index is 0.270.